The van der Waals surface area contributed by atoms with Gasteiger partial charge in [0.15, 0.2) is 0 Å². The molecule has 19 heavy (non-hydrogen) atoms. The van der Waals surface area contributed by atoms with Gasteiger partial charge < -0.3 is 4.74 Å². The normalized spacial score (nSPS) is 11.3. The van der Waals surface area contributed by atoms with E-state index in [1.165, 1.54) is 19.3 Å². The van der Waals surface area contributed by atoms with Crippen LogP contribution < -0.4 is 0 Å². The van der Waals surface area contributed by atoms with Gasteiger partial charge in [-0.1, -0.05) is 58.2 Å². The molecule has 2 nitrogen and oxygen atoms in total. The molecule has 0 aliphatic carbocycles. The number of esters is 1. The van der Waals surface area contributed by atoms with Gasteiger partial charge >= 0.3 is 5.97 Å². The summed E-state index contributed by atoms with van der Waals surface area (Å²) in [7, 11) is 0. The molecule has 106 valence electrons. The summed E-state index contributed by atoms with van der Waals surface area (Å²) in [5.41, 5.74) is 1.06. The van der Waals surface area contributed by atoms with E-state index in [2.05, 4.69) is 20.8 Å². The van der Waals surface area contributed by atoms with Gasteiger partial charge in [0.25, 0.3) is 0 Å². The van der Waals surface area contributed by atoms with E-state index in [9.17, 15) is 4.79 Å². The second kappa shape index (κ2) is 7.98. The molecule has 0 aliphatic rings. The van der Waals surface area contributed by atoms with Crippen molar-refractivity contribution < 1.29 is 9.53 Å². The Balaban J connectivity index is 2.04. The van der Waals surface area contributed by atoms with Crippen LogP contribution in [0.25, 0.3) is 0 Å². The minimum Gasteiger partial charge on any atom is -0.462 e. The second-order valence-electron chi connectivity index (χ2n) is 6.23. The third-order valence-electron chi connectivity index (χ3n) is 3.06. The van der Waals surface area contributed by atoms with Gasteiger partial charge in [0.1, 0.15) is 0 Å². The van der Waals surface area contributed by atoms with E-state index in [1.807, 2.05) is 18.2 Å². The first-order valence-corrected chi connectivity index (χ1v) is 7.21. The highest BCUT2D eigenvalue weighted by Crippen LogP contribution is 2.22. The van der Waals surface area contributed by atoms with Crippen molar-refractivity contribution in [3.63, 3.8) is 0 Å². The van der Waals surface area contributed by atoms with Crippen LogP contribution in [0.15, 0.2) is 30.3 Å². The van der Waals surface area contributed by atoms with E-state index in [1.54, 1.807) is 12.1 Å². The van der Waals surface area contributed by atoms with Crippen molar-refractivity contribution in [2.45, 2.75) is 52.9 Å². The van der Waals surface area contributed by atoms with Gasteiger partial charge in [0.05, 0.1) is 12.2 Å². The Hall–Kier alpha value is -1.31. The summed E-state index contributed by atoms with van der Waals surface area (Å²) in [6, 6.07) is 9.16. The lowest BCUT2D eigenvalue weighted by Gasteiger charge is -2.17. The summed E-state index contributed by atoms with van der Waals surface area (Å²) in [6.45, 7) is 7.35. The van der Waals surface area contributed by atoms with Gasteiger partial charge in [-0.15, -0.1) is 0 Å². The molecule has 0 saturated heterocycles. The zero-order chi connectivity index (χ0) is 14.1. The maximum Gasteiger partial charge on any atom is 0.338 e. The summed E-state index contributed by atoms with van der Waals surface area (Å²) in [4.78, 5) is 11.6. The second-order valence-corrected chi connectivity index (χ2v) is 6.23. The topological polar surface area (TPSA) is 26.3 Å². The van der Waals surface area contributed by atoms with Crippen LogP contribution in [-0.4, -0.2) is 12.6 Å². The molecule has 0 N–H and O–H groups in total. The third-order valence-corrected chi connectivity index (χ3v) is 3.06. The highest BCUT2D eigenvalue weighted by molar-refractivity contribution is 5.89. The Bertz CT molecular complexity index is 363. The van der Waals surface area contributed by atoms with Crippen LogP contribution in [0.5, 0.6) is 0 Å². The van der Waals surface area contributed by atoms with E-state index >= 15 is 0 Å². The number of hydrogen-bond donors (Lipinski definition) is 0. The average Bonchev–Trinajstić information content (AvgIpc) is 2.37. The van der Waals surface area contributed by atoms with Crippen LogP contribution in [0.1, 0.15) is 63.2 Å². The molecule has 0 amide bonds. The number of ether oxygens (including phenoxy) is 1. The van der Waals surface area contributed by atoms with Crippen LogP contribution in [0.3, 0.4) is 0 Å². The van der Waals surface area contributed by atoms with Crippen LogP contribution in [0, 0.1) is 5.41 Å². The van der Waals surface area contributed by atoms with Crippen LogP contribution >= 0.6 is 0 Å². The molecule has 0 aliphatic heterocycles. The van der Waals surface area contributed by atoms with E-state index in [0.29, 0.717) is 17.6 Å². The fourth-order valence-electron chi connectivity index (χ4n) is 1.93. The van der Waals surface area contributed by atoms with Gasteiger partial charge in [-0.05, 0) is 30.4 Å². The lowest BCUT2D eigenvalue weighted by Crippen LogP contribution is -2.06. The van der Waals surface area contributed by atoms with Crippen molar-refractivity contribution in [3.05, 3.63) is 35.9 Å². The molecule has 0 fully saturated rings. The van der Waals surface area contributed by atoms with Crippen LogP contribution in [0.2, 0.25) is 0 Å². The van der Waals surface area contributed by atoms with Gasteiger partial charge in [0, 0.05) is 0 Å². The predicted molar refractivity (Wildman–Crippen MR) is 79.3 cm³/mol. The summed E-state index contributed by atoms with van der Waals surface area (Å²) in [5.74, 6) is -0.213. The SMILES string of the molecule is CC(C)(C)CCCCCCOC(=O)c1ccccc1. The fraction of sp³-hybridized carbons (Fsp3) is 0.588. The molecule has 2 heteroatoms. The van der Waals surface area contributed by atoms with Gasteiger partial charge in [-0.25, -0.2) is 4.79 Å². The standard InChI is InChI=1S/C17H26O2/c1-17(2,3)13-9-4-5-10-14-19-16(18)15-11-7-6-8-12-15/h6-8,11-12H,4-5,9-10,13-14H2,1-3H3. The number of carbonyl (C=O) groups excluding carboxylic acids is 1. The molecule has 0 aromatic heterocycles. The van der Waals surface area contributed by atoms with Gasteiger partial charge in [0.2, 0.25) is 0 Å². The lowest BCUT2D eigenvalue weighted by atomic mass is 9.89. The smallest absolute Gasteiger partial charge is 0.338 e. The summed E-state index contributed by atoms with van der Waals surface area (Å²) in [6.07, 6.45) is 5.84. The molecule has 1 aromatic carbocycles. The zero-order valence-corrected chi connectivity index (χ0v) is 12.4. The number of benzene rings is 1. The lowest BCUT2D eigenvalue weighted by molar-refractivity contribution is 0.0497. The first kappa shape index (κ1) is 15.7. The predicted octanol–water partition coefficient (Wildman–Crippen LogP) is 4.84. The largest absolute Gasteiger partial charge is 0.462 e. The number of carbonyl (C=O) groups is 1. The van der Waals surface area contributed by atoms with Crippen LogP contribution in [0.4, 0.5) is 0 Å². The molecule has 0 heterocycles. The molecule has 0 saturated carbocycles. The Morgan fingerprint density at radius 1 is 1.00 bits per heavy atom. The van der Waals surface area contributed by atoms with Gasteiger partial charge in [-0.2, -0.15) is 0 Å². The number of rotatable bonds is 7. The van der Waals surface area contributed by atoms with Crippen molar-refractivity contribution in [3.8, 4) is 0 Å². The molecular weight excluding hydrogens is 236 g/mol. The van der Waals surface area contributed by atoms with Crippen molar-refractivity contribution in [1.82, 2.24) is 0 Å². The Kier molecular flexibility index (Phi) is 6.61. The zero-order valence-electron chi connectivity index (χ0n) is 12.4. The Labute approximate surface area is 117 Å². The first-order chi connectivity index (χ1) is 8.99. The molecule has 0 atom stereocenters. The number of hydrogen-bond acceptors (Lipinski definition) is 2. The Morgan fingerprint density at radius 2 is 1.63 bits per heavy atom. The number of unbranched alkanes of at least 4 members (excludes halogenated alkanes) is 3. The van der Waals surface area contributed by atoms with Crippen molar-refractivity contribution in [2.75, 3.05) is 6.61 Å². The highest BCUT2D eigenvalue weighted by atomic mass is 16.5. The van der Waals surface area contributed by atoms with Crippen molar-refractivity contribution in [1.29, 1.82) is 0 Å². The molecule has 0 radical (unpaired) electrons. The molecular formula is C17H26O2. The van der Waals surface area contributed by atoms with E-state index in [4.69, 9.17) is 4.74 Å². The summed E-state index contributed by atoms with van der Waals surface area (Å²) in [5, 5.41) is 0. The molecule has 0 spiro atoms. The summed E-state index contributed by atoms with van der Waals surface area (Å²) < 4.78 is 5.24. The molecule has 0 bridgehead atoms. The molecule has 1 aromatic rings. The Morgan fingerprint density at radius 3 is 2.26 bits per heavy atom. The maximum atomic E-state index is 11.6. The first-order valence-electron chi connectivity index (χ1n) is 7.21. The molecule has 0 unspecified atom stereocenters. The highest BCUT2D eigenvalue weighted by Gasteiger charge is 2.09. The van der Waals surface area contributed by atoms with E-state index in [0.717, 1.165) is 12.8 Å². The monoisotopic (exact) mass is 262 g/mol. The minimum absolute atomic E-state index is 0.213. The summed E-state index contributed by atoms with van der Waals surface area (Å²) >= 11 is 0. The average molecular weight is 262 g/mol. The van der Waals surface area contributed by atoms with Crippen molar-refractivity contribution in [2.24, 2.45) is 5.41 Å². The third kappa shape index (κ3) is 7.66. The maximum absolute atomic E-state index is 11.6. The fourth-order valence-corrected chi connectivity index (χ4v) is 1.93. The van der Waals surface area contributed by atoms with E-state index < -0.39 is 0 Å². The quantitative estimate of drug-likeness (QED) is 0.519. The molecule has 1 rings (SSSR count). The van der Waals surface area contributed by atoms with Gasteiger partial charge in [-0.3, -0.25) is 0 Å². The van der Waals surface area contributed by atoms with Crippen molar-refractivity contribution >= 4 is 5.97 Å². The van der Waals surface area contributed by atoms with E-state index in [-0.39, 0.29) is 5.97 Å². The van der Waals surface area contributed by atoms with Crippen LogP contribution in [-0.2, 0) is 4.74 Å². The minimum atomic E-state index is -0.213.